The largest absolute Gasteiger partial charge is 0.493 e. The summed E-state index contributed by atoms with van der Waals surface area (Å²) in [6.07, 6.45) is 2.86. The molecule has 3 aromatic rings. The molecule has 2 aromatic carbocycles. The minimum absolute atomic E-state index is 0.114. The number of methoxy groups -OCH3 is 2. The summed E-state index contributed by atoms with van der Waals surface area (Å²) in [5, 5.41) is 16.5. The molecule has 2 aliphatic rings. The van der Waals surface area contributed by atoms with E-state index in [0.717, 1.165) is 24.0 Å². The van der Waals surface area contributed by atoms with Crippen LogP contribution in [0, 0.1) is 0 Å². The standard InChI is InChI=1S/C29H31N3O8/c1-37-23-14-20-21(31-27(34)22-5-3-11-32(22)28(20)35)15-24(23)39-12-4-6-26(33)30-19-9-7-17(8-10-19)18-13-25(40-16-18)29(36)38-2/h7-10,13-16,22,27,31,34H,3-6,11-12H2,1-2H3,(H,30,33)/t22-,27-/m0/s1. The fourth-order valence-electron chi connectivity index (χ4n) is 4.99. The summed E-state index contributed by atoms with van der Waals surface area (Å²) >= 11 is 0. The van der Waals surface area contributed by atoms with E-state index in [0.29, 0.717) is 41.4 Å². The zero-order valence-corrected chi connectivity index (χ0v) is 22.3. The van der Waals surface area contributed by atoms with Crippen molar-refractivity contribution in [1.82, 2.24) is 4.90 Å². The van der Waals surface area contributed by atoms with Gasteiger partial charge in [0.15, 0.2) is 11.5 Å². The number of rotatable bonds is 9. The fourth-order valence-corrected chi connectivity index (χ4v) is 4.99. The Morgan fingerprint density at radius 3 is 2.67 bits per heavy atom. The summed E-state index contributed by atoms with van der Waals surface area (Å²) in [5.74, 6) is 0.0707. The van der Waals surface area contributed by atoms with Crippen molar-refractivity contribution in [3.8, 4) is 22.6 Å². The number of benzene rings is 2. The second kappa shape index (κ2) is 11.7. The molecule has 11 heteroatoms. The Balaban J connectivity index is 1.14. The van der Waals surface area contributed by atoms with Gasteiger partial charge in [0.2, 0.25) is 11.7 Å². The number of amides is 2. The van der Waals surface area contributed by atoms with Crippen molar-refractivity contribution in [2.45, 2.75) is 38.0 Å². The third-order valence-electron chi connectivity index (χ3n) is 7.06. The number of hydrogen-bond donors (Lipinski definition) is 3. The molecule has 1 aromatic heterocycles. The van der Waals surface area contributed by atoms with Gasteiger partial charge in [0.1, 0.15) is 6.23 Å². The molecule has 0 radical (unpaired) electrons. The van der Waals surface area contributed by atoms with Gasteiger partial charge >= 0.3 is 5.97 Å². The second-order valence-electron chi connectivity index (χ2n) is 9.61. The molecule has 0 saturated carbocycles. The molecule has 0 unspecified atom stereocenters. The van der Waals surface area contributed by atoms with E-state index in [-0.39, 0.29) is 36.6 Å². The van der Waals surface area contributed by atoms with Gasteiger partial charge in [-0.05, 0) is 49.1 Å². The van der Waals surface area contributed by atoms with Gasteiger partial charge < -0.3 is 39.3 Å². The van der Waals surface area contributed by atoms with Gasteiger partial charge in [-0.15, -0.1) is 0 Å². The predicted molar refractivity (Wildman–Crippen MR) is 146 cm³/mol. The average molecular weight is 550 g/mol. The number of aliphatic hydroxyl groups excluding tert-OH is 1. The molecule has 2 aliphatic heterocycles. The lowest BCUT2D eigenvalue weighted by molar-refractivity contribution is -0.116. The number of esters is 1. The monoisotopic (exact) mass is 549 g/mol. The van der Waals surface area contributed by atoms with E-state index in [2.05, 4.69) is 15.4 Å². The molecule has 210 valence electrons. The molecule has 1 fully saturated rings. The molecule has 1 saturated heterocycles. The highest BCUT2D eigenvalue weighted by Gasteiger charge is 2.38. The van der Waals surface area contributed by atoms with E-state index in [1.54, 1.807) is 35.2 Å². The van der Waals surface area contributed by atoms with Crippen molar-refractivity contribution in [1.29, 1.82) is 0 Å². The van der Waals surface area contributed by atoms with Gasteiger partial charge in [-0.25, -0.2) is 4.79 Å². The Bertz CT molecular complexity index is 1400. The van der Waals surface area contributed by atoms with Crippen LogP contribution in [0.4, 0.5) is 11.4 Å². The van der Waals surface area contributed by atoms with Crippen LogP contribution in [0.2, 0.25) is 0 Å². The molecule has 40 heavy (non-hydrogen) atoms. The minimum atomic E-state index is -0.872. The van der Waals surface area contributed by atoms with Gasteiger partial charge in [-0.3, -0.25) is 9.59 Å². The predicted octanol–water partition coefficient (Wildman–Crippen LogP) is 3.89. The third-order valence-corrected chi connectivity index (χ3v) is 7.06. The number of anilines is 2. The van der Waals surface area contributed by atoms with Crippen LogP contribution >= 0.6 is 0 Å². The minimum Gasteiger partial charge on any atom is -0.493 e. The second-order valence-corrected chi connectivity index (χ2v) is 9.61. The Morgan fingerprint density at radius 2 is 1.93 bits per heavy atom. The number of carbonyl (C=O) groups is 3. The molecular formula is C29H31N3O8. The van der Waals surface area contributed by atoms with Crippen molar-refractivity contribution in [2.24, 2.45) is 0 Å². The maximum Gasteiger partial charge on any atom is 0.373 e. The van der Waals surface area contributed by atoms with E-state index >= 15 is 0 Å². The zero-order chi connectivity index (χ0) is 28.2. The summed E-state index contributed by atoms with van der Waals surface area (Å²) in [7, 11) is 2.79. The van der Waals surface area contributed by atoms with Crippen molar-refractivity contribution < 1.29 is 38.1 Å². The molecule has 2 atom stereocenters. The molecule has 0 bridgehead atoms. The van der Waals surface area contributed by atoms with E-state index in [4.69, 9.17) is 13.9 Å². The van der Waals surface area contributed by atoms with Crippen LogP contribution in [0.5, 0.6) is 11.5 Å². The highest BCUT2D eigenvalue weighted by atomic mass is 16.5. The Kier molecular flexibility index (Phi) is 7.92. The molecule has 3 heterocycles. The zero-order valence-electron chi connectivity index (χ0n) is 22.3. The van der Waals surface area contributed by atoms with E-state index in [9.17, 15) is 19.5 Å². The smallest absolute Gasteiger partial charge is 0.373 e. The van der Waals surface area contributed by atoms with Crippen LogP contribution < -0.4 is 20.1 Å². The highest BCUT2D eigenvalue weighted by Crippen LogP contribution is 2.38. The first-order valence-corrected chi connectivity index (χ1v) is 13.1. The molecule has 0 aliphatic carbocycles. The number of nitrogens with one attached hydrogen (secondary N) is 2. The lowest BCUT2D eigenvalue weighted by atomic mass is 10.1. The van der Waals surface area contributed by atoms with Gasteiger partial charge in [-0.1, -0.05) is 12.1 Å². The number of fused-ring (bicyclic) bond motifs is 2. The SMILES string of the molecule is COC(=O)c1cc(-c2ccc(NC(=O)CCCOc3cc4c(cc3OC)C(=O)N3CCC[C@H]3[C@H](O)N4)cc2)co1. The maximum atomic E-state index is 13.1. The first-order chi connectivity index (χ1) is 19.4. The molecule has 3 N–H and O–H groups in total. The van der Waals surface area contributed by atoms with Crippen LogP contribution in [-0.2, 0) is 9.53 Å². The summed E-state index contributed by atoms with van der Waals surface area (Å²) in [6.45, 7) is 0.854. The Labute approximate surface area is 231 Å². The number of hydrogen-bond acceptors (Lipinski definition) is 9. The first kappa shape index (κ1) is 27.1. The van der Waals surface area contributed by atoms with Crippen molar-refractivity contribution >= 4 is 29.2 Å². The average Bonchev–Trinajstić information content (AvgIpc) is 3.64. The van der Waals surface area contributed by atoms with Crippen LogP contribution in [-0.4, -0.2) is 67.4 Å². The van der Waals surface area contributed by atoms with Crippen molar-refractivity contribution in [2.75, 3.05) is 38.0 Å². The first-order valence-electron chi connectivity index (χ1n) is 13.1. The van der Waals surface area contributed by atoms with Gasteiger partial charge in [-0.2, -0.15) is 0 Å². The number of carbonyl (C=O) groups excluding carboxylic acids is 3. The number of nitrogens with zero attached hydrogens (tertiary/aromatic N) is 1. The summed E-state index contributed by atoms with van der Waals surface area (Å²) in [5.41, 5.74) is 3.09. The van der Waals surface area contributed by atoms with Crippen LogP contribution in [0.25, 0.3) is 11.1 Å². The Hall–Kier alpha value is -4.51. The molecular weight excluding hydrogens is 518 g/mol. The van der Waals surface area contributed by atoms with Gasteiger partial charge in [0.25, 0.3) is 5.91 Å². The van der Waals surface area contributed by atoms with E-state index < -0.39 is 12.2 Å². The topological polar surface area (TPSA) is 140 Å². The van der Waals surface area contributed by atoms with Gasteiger partial charge in [0.05, 0.1) is 44.4 Å². The maximum absolute atomic E-state index is 13.1. The van der Waals surface area contributed by atoms with Crippen molar-refractivity contribution in [3.63, 3.8) is 0 Å². The molecule has 2 amide bonds. The highest BCUT2D eigenvalue weighted by molar-refractivity contribution is 6.01. The number of furan rings is 1. The fraction of sp³-hybridized carbons (Fsp3) is 0.345. The number of ether oxygens (including phenoxy) is 3. The lowest BCUT2D eigenvalue weighted by Gasteiger charge is -2.25. The molecule has 11 nitrogen and oxygen atoms in total. The Morgan fingerprint density at radius 1 is 1.12 bits per heavy atom. The van der Waals surface area contributed by atoms with Crippen LogP contribution in [0.3, 0.4) is 0 Å². The molecule has 5 rings (SSSR count). The van der Waals surface area contributed by atoms with Crippen LogP contribution in [0.15, 0.2) is 53.1 Å². The lowest BCUT2D eigenvalue weighted by Crippen LogP contribution is -2.43. The van der Waals surface area contributed by atoms with Crippen molar-refractivity contribution in [3.05, 3.63) is 60.1 Å². The summed E-state index contributed by atoms with van der Waals surface area (Å²) in [6, 6.07) is 11.8. The van der Waals surface area contributed by atoms with Crippen LogP contribution in [0.1, 0.15) is 46.6 Å². The summed E-state index contributed by atoms with van der Waals surface area (Å²) in [4.78, 5) is 38.8. The quantitative estimate of drug-likeness (QED) is 0.268. The molecule has 0 spiro atoms. The normalized spacial score (nSPS) is 17.8. The number of aliphatic hydroxyl groups is 1. The van der Waals surface area contributed by atoms with E-state index in [1.165, 1.54) is 20.5 Å². The van der Waals surface area contributed by atoms with Gasteiger partial charge in [0, 0.05) is 30.3 Å². The summed E-state index contributed by atoms with van der Waals surface area (Å²) < 4.78 is 21.2. The third kappa shape index (κ3) is 5.59. The van der Waals surface area contributed by atoms with E-state index in [1.807, 2.05) is 12.1 Å².